The number of nitrogens with two attached hydrogens (primary N) is 1. The van der Waals surface area contributed by atoms with E-state index in [2.05, 4.69) is 20.0 Å². The summed E-state index contributed by atoms with van der Waals surface area (Å²) in [6, 6.07) is 13.3. The molecule has 11 heteroatoms. The number of carbonyl (C=O) groups is 1. The van der Waals surface area contributed by atoms with Crippen LogP contribution in [0.1, 0.15) is 19.4 Å². The van der Waals surface area contributed by atoms with E-state index in [1.54, 1.807) is 6.07 Å². The largest absolute Gasteiger partial charge is 0.453 e. The van der Waals surface area contributed by atoms with E-state index in [-0.39, 0.29) is 29.9 Å². The number of aromatic amines is 1. The maximum atomic E-state index is 13.5. The lowest BCUT2D eigenvalue weighted by Crippen LogP contribution is -2.47. The number of ether oxygens (including phenoxy) is 1. The van der Waals surface area contributed by atoms with Crippen LogP contribution in [0.3, 0.4) is 0 Å². The number of aromatic nitrogens is 2. The minimum Gasteiger partial charge on any atom is -0.453 e. The van der Waals surface area contributed by atoms with Gasteiger partial charge in [-0.2, -0.15) is 4.31 Å². The average molecular weight is 490 g/mol. The van der Waals surface area contributed by atoms with Gasteiger partial charge in [-0.1, -0.05) is 44.2 Å². The first-order valence-corrected chi connectivity index (χ1v) is 12.4. The van der Waals surface area contributed by atoms with Crippen LogP contribution < -0.4 is 11.1 Å². The second-order valence-corrected chi connectivity index (χ2v) is 10.5. The second-order valence-electron chi connectivity index (χ2n) is 8.52. The highest BCUT2D eigenvalue weighted by atomic mass is 32.2. The number of methoxy groups -OCH3 is 1. The predicted octanol–water partition coefficient (Wildman–Crippen LogP) is 2.32. The van der Waals surface area contributed by atoms with Gasteiger partial charge in [0, 0.05) is 19.1 Å². The molecule has 0 saturated heterocycles. The van der Waals surface area contributed by atoms with Gasteiger partial charge in [-0.05, 0) is 36.1 Å². The predicted molar refractivity (Wildman–Crippen MR) is 130 cm³/mol. The van der Waals surface area contributed by atoms with Crippen molar-refractivity contribution in [3.8, 4) is 0 Å². The van der Waals surface area contributed by atoms with Crippen LogP contribution in [-0.4, -0.2) is 66.2 Å². The van der Waals surface area contributed by atoms with Crippen molar-refractivity contribution in [2.75, 3.05) is 25.5 Å². The minimum absolute atomic E-state index is 0.0269. The Morgan fingerprint density at radius 3 is 2.56 bits per heavy atom. The van der Waals surface area contributed by atoms with Crippen molar-refractivity contribution in [2.24, 2.45) is 11.7 Å². The van der Waals surface area contributed by atoms with Gasteiger partial charge in [0.2, 0.25) is 16.0 Å². The number of imidazole rings is 1. The van der Waals surface area contributed by atoms with Crippen LogP contribution in [0.2, 0.25) is 0 Å². The third-order valence-corrected chi connectivity index (χ3v) is 7.09. The Bertz CT molecular complexity index is 1210. The molecule has 0 saturated carbocycles. The second kappa shape index (κ2) is 11.0. The number of hydrogen-bond acceptors (Lipinski definition) is 7. The molecule has 0 bridgehead atoms. The number of anilines is 1. The number of sulfonamides is 1. The van der Waals surface area contributed by atoms with Crippen molar-refractivity contribution >= 4 is 33.1 Å². The van der Waals surface area contributed by atoms with Gasteiger partial charge in [-0.15, -0.1) is 0 Å². The molecule has 0 radical (unpaired) electrons. The van der Waals surface area contributed by atoms with E-state index in [1.807, 2.05) is 44.2 Å². The first-order chi connectivity index (χ1) is 16.1. The number of nitrogens with one attached hydrogen (secondary N) is 2. The van der Waals surface area contributed by atoms with Gasteiger partial charge < -0.3 is 20.6 Å². The van der Waals surface area contributed by atoms with Crippen molar-refractivity contribution in [1.82, 2.24) is 14.3 Å². The maximum Gasteiger partial charge on any atom is 0.413 e. The smallest absolute Gasteiger partial charge is 0.413 e. The molecule has 1 unspecified atom stereocenters. The zero-order valence-corrected chi connectivity index (χ0v) is 20.2. The molecule has 184 valence electrons. The average Bonchev–Trinajstić information content (AvgIpc) is 3.20. The Balaban J connectivity index is 1.82. The van der Waals surface area contributed by atoms with Crippen molar-refractivity contribution < 1.29 is 23.1 Å². The van der Waals surface area contributed by atoms with Gasteiger partial charge in [0.1, 0.15) is 0 Å². The molecule has 0 aliphatic rings. The molecule has 3 aromatic rings. The summed E-state index contributed by atoms with van der Waals surface area (Å²) in [7, 11) is -2.72. The van der Waals surface area contributed by atoms with Crippen LogP contribution in [0.25, 0.3) is 11.0 Å². The quantitative estimate of drug-likeness (QED) is 0.341. The Kier molecular flexibility index (Phi) is 8.26. The summed E-state index contributed by atoms with van der Waals surface area (Å²) in [5.74, 6) is 0.164. The fraction of sp³-hybridized carbons (Fsp3) is 0.391. The lowest BCUT2D eigenvalue weighted by Gasteiger charge is -2.28. The maximum absolute atomic E-state index is 13.5. The molecule has 34 heavy (non-hydrogen) atoms. The number of nitrogens with zero attached hydrogens (tertiary/aromatic N) is 2. The number of carbonyl (C=O) groups excluding carboxylic acids is 1. The van der Waals surface area contributed by atoms with Crippen molar-refractivity contribution in [3.05, 3.63) is 54.1 Å². The number of aliphatic hydroxyl groups is 1. The van der Waals surface area contributed by atoms with Gasteiger partial charge in [0.15, 0.2) is 0 Å². The van der Waals surface area contributed by atoms with E-state index in [0.717, 1.165) is 5.56 Å². The van der Waals surface area contributed by atoms with Gasteiger partial charge in [-0.25, -0.2) is 18.2 Å². The highest BCUT2D eigenvalue weighted by Gasteiger charge is 2.30. The van der Waals surface area contributed by atoms with E-state index >= 15 is 0 Å². The molecule has 10 nitrogen and oxygen atoms in total. The number of aliphatic hydroxyl groups excluding tert-OH is 1. The monoisotopic (exact) mass is 489 g/mol. The summed E-state index contributed by atoms with van der Waals surface area (Å²) in [5, 5.41) is 13.2. The zero-order chi connectivity index (χ0) is 24.9. The summed E-state index contributed by atoms with van der Waals surface area (Å²) in [6.07, 6.45) is -1.33. The van der Waals surface area contributed by atoms with Crippen LogP contribution in [-0.2, 0) is 21.2 Å². The first kappa shape index (κ1) is 25.6. The van der Waals surface area contributed by atoms with E-state index in [1.165, 1.54) is 23.5 Å². The standard InChI is InChI=1S/C23H31N5O5S/c1-15(2)13-28(14-21(29)18(24)11-16-7-5-4-6-8-16)34(31,32)17-9-10-19-20(12-17)26-22(25-19)27-23(30)33-3/h4-10,12,15,18,21,29H,11,13-14,24H2,1-3H3,(H2,25,26,27,30)/t18?,21-/m1/s1. The van der Waals surface area contributed by atoms with Gasteiger partial charge in [-0.3, -0.25) is 5.32 Å². The Morgan fingerprint density at radius 1 is 1.21 bits per heavy atom. The number of amides is 1. The third-order valence-electron chi connectivity index (χ3n) is 5.26. The fourth-order valence-electron chi connectivity index (χ4n) is 3.55. The van der Waals surface area contributed by atoms with Crippen LogP contribution in [0.4, 0.5) is 10.7 Å². The van der Waals surface area contributed by atoms with Crippen molar-refractivity contribution in [3.63, 3.8) is 0 Å². The Morgan fingerprint density at radius 2 is 1.91 bits per heavy atom. The molecule has 1 heterocycles. The Labute approximate surface area is 199 Å². The number of fused-ring (bicyclic) bond motifs is 1. The summed E-state index contributed by atoms with van der Waals surface area (Å²) < 4.78 is 32.8. The molecule has 5 N–H and O–H groups in total. The highest BCUT2D eigenvalue weighted by molar-refractivity contribution is 7.89. The molecule has 0 spiro atoms. The lowest BCUT2D eigenvalue weighted by molar-refractivity contribution is 0.116. The van der Waals surface area contributed by atoms with Crippen molar-refractivity contribution in [1.29, 1.82) is 0 Å². The Hall–Kier alpha value is -2.99. The molecule has 0 aliphatic carbocycles. The normalized spacial score (nSPS) is 13.9. The molecule has 2 aromatic carbocycles. The summed E-state index contributed by atoms with van der Waals surface area (Å²) in [5.41, 5.74) is 8.08. The number of rotatable bonds is 10. The number of H-pyrrole nitrogens is 1. The summed E-state index contributed by atoms with van der Waals surface area (Å²) in [6.45, 7) is 3.89. The zero-order valence-electron chi connectivity index (χ0n) is 19.4. The van der Waals surface area contributed by atoms with E-state index in [9.17, 15) is 18.3 Å². The number of benzene rings is 2. The molecule has 0 aliphatic heterocycles. The van der Waals surface area contributed by atoms with Gasteiger partial charge in [0.05, 0.1) is 29.1 Å². The SMILES string of the molecule is COC(=O)Nc1nc2ccc(S(=O)(=O)N(CC(C)C)C[C@@H](O)C(N)Cc3ccccc3)cc2[nH]1. The van der Waals surface area contributed by atoms with Gasteiger partial charge in [0.25, 0.3) is 0 Å². The molecular formula is C23H31N5O5S. The van der Waals surface area contributed by atoms with Crippen LogP contribution >= 0.6 is 0 Å². The highest BCUT2D eigenvalue weighted by Crippen LogP contribution is 2.23. The number of hydrogen-bond donors (Lipinski definition) is 4. The molecule has 1 aromatic heterocycles. The minimum atomic E-state index is -3.95. The lowest BCUT2D eigenvalue weighted by atomic mass is 10.0. The molecule has 1 amide bonds. The van der Waals surface area contributed by atoms with Gasteiger partial charge >= 0.3 is 6.09 Å². The van der Waals surface area contributed by atoms with Crippen LogP contribution in [0.5, 0.6) is 0 Å². The third kappa shape index (κ3) is 6.32. The van der Waals surface area contributed by atoms with E-state index < -0.39 is 28.3 Å². The van der Waals surface area contributed by atoms with E-state index in [0.29, 0.717) is 17.5 Å². The molecule has 3 rings (SSSR count). The summed E-state index contributed by atoms with van der Waals surface area (Å²) >= 11 is 0. The fourth-order valence-corrected chi connectivity index (χ4v) is 5.20. The van der Waals surface area contributed by atoms with Crippen molar-refractivity contribution in [2.45, 2.75) is 37.3 Å². The molecular weight excluding hydrogens is 458 g/mol. The van der Waals surface area contributed by atoms with Crippen LogP contribution in [0.15, 0.2) is 53.4 Å². The molecule has 0 fully saturated rings. The molecule has 2 atom stereocenters. The summed E-state index contributed by atoms with van der Waals surface area (Å²) in [4.78, 5) is 18.5. The topological polar surface area (TPSA) is 151 Å². The van der Waals surface area contributed by atoms with E-state index in [4.69, 9.17) is 5.73 Å². The van der Waals surface area contributed by atoms with Crippen LogP contribution in [0, 0.1) is 5.92 Å². The first-order valence-electron chi connectivity index (χ1n) is 10.9.